The quantitative estimate of drug-likeness (QED) is 0.702. The van der Waals surface area contributed by atoms with Crippen LogP contribution in [0, 0.1) is 23.2 Å². The smallest absolute Gasteiger partial charge is 0.00209 e. The summed E-state index contributed by atoms with van der Waals surface area (Å²) in [6.07, 6.45) is 6.79. The van der Waals surface area contributed by atoms with E-state index in [2.05, 4.69) is 46.6 Å². The summed E-state index contributed by atoms with van der Waals surface area (Å²) in [5, 5.41) is 3.39. The van der Waals surface area contributed by atoms with Crippen LogP contribution in [0.2, 0.25) is 0 Å². The highest BCUT2D eigenvalue weighted by Crippen LogP contribution is 2.44. The first kappa shape index (κ1) is 15.8. The Morgan fingerprint density at radius 3 is 2.39 bits per heavy atom. The number of rotatable bonds is 5. The zero-order valence-corrected chi connectivity index (χ0v) is 13.2. The lowest BCUT2D eigenvalue weighted by molar-refractivity contribution is 0.0936. The van der Waals surface area contributed by atoms with Crippen molar-refractivity contribution in [2.75, 3.05) is 13.6 Å². The first-order chi connectivity index (χ1) is 8.34. The molecule has 1 aliphatic carbocycles. The zero-order chi connectivity index (χ0) is 13.8. The predicted molar refractivity (Wildman–Crippen MR) is 81.8 cm³/mol. The highest BCUT2D eigenvalue weighted by molar-refractivity contribution is 4.92. The minimum Gasteiger partial charge on any atom is -0.319 e. The van der Waals surface area contributed by atoms with Crippen LogP contribution in [0.15, 0.2) is 12.2 Å². The first-order valence-corrected chi connectivity index (χ1v) is 7.63. The van der Waals surface area contributed by atoms with Crippen LogP contribution in [-0.4, -0.2) is 13.6 Å². The maximum atomic E-state index is 4.06. The molecule has 0 bridgehead atoms. The van der Waals surface area contributed by atoms with Gasteiger partial charge in [0.25, 0.3) is 0 Å². The van der Waals surface area contributed by atoms with E-state index < -0.39 is 0 Å². The van der Waals surface area contributed by atoms with Crippen LogP contribution in [0.5, 0.6) is 0 Å². The van der Waals surface area contributed by atoms with Gasteiger partial charge >= 0.3 is 0 Å². The van der Waals surface area contributed by atoms with Crippen molar-refractivity contribution in [3.05, 3.63) is 12.2 Å². The second-order valence-electron chi connectivity index (χ2n) is 7.45. The van der Waals surface area contributed by atoms with Gasteiger partial charge in [0.15, 0.2) is 0 Å². The van der Waals surface area contributed by atoms with E-state index in [1.807, 2.05) is 0 Å². The standard InChI is InChI=1S/C17H33N/c1-13(2)7-8-14-11-16(17(3,4)5)10-9-15(14)12-18-6/h14-16,18H,1,7-12H2,2-6H3. The normalized spacial score (nSPS) is 29.3. The van der Waals surface area contributed by atoms with Crippen molar-refractivity contribution in [1.82, 2.24) is 5.32 Å². The molecule has 0 aromatic carbocycles. The number of nitrogens with one attached hydrogen (secondary N) is 1. The van der Waals surface area contributed by atoms with Crippen molar-refractivity contribution >= 4 is 0 Å². The molecule has 1 heteroatoms. The molecule has 18 heavy (non-hydrogen) atoms. The zero-order valence-electron chi connectivity index (χ0n) is 13.2. The molecule has 3 atom stereocenters. The third kappa shape index (κ3) is 4.76. The van der Waals surface area contributed by atoms with Gasteiger partial charge in [0.05, 0.1) is 0 Å². The molecular weight excluding hydrogens is 218 g/mol. The third-order valence-corrected chi connectivity index (χ3v) is 4.77. The van der Waals surface area contributed by atoms with Crippen LogP contribution >= 0.6 is 0 Å². The maximum absolute atomic E-state index is 4.06. The molecule has 1 aliphatic rings. The van der Waals surface area contributed by atoms with Crippen molar-refractivity contribution in [3.63, 3.8) is 0 Å². The van der Waals surface area contributed by atoms with Gasteiger partial charge in [-0.15, -0.1) is 6.58 Å². The fraction of sp³-hybridized carbons (Fsp3) is 0.882. The Bertz CT molecular complexity index is 261. The highest BCUT2D eigenvalue weighted by Gasteiger charge is 2.35. The molecule has 1 fully saturated rings. The molecule has 1 N–H and O–H groups in total. The molecule has 0 aromatic rings. The van der Waals surface area contributed by atoms with E-state index in [9.17, 15) is 0 Å². The fourth-order valence-corrected chi connectivity index (χ4v) is 3.43. The molecule has 0 saturated heterocycles. The van der Waals surface area contributed by atoms with E-state index >= 15 is 0 Å². The molecule has 1 rings (SSSR count). The molecular formula is C17H33N. The Morgan fingerprint density at radius 1 is 1.22 bits per heavy atom. The van der Waals surface area contributed by atoms with Gasteiger partial charge in [-0.1, -0.05) is 26.3 Å². The van der Waals surface area contributed by atoms with Gasteiger partial charge in [0.1, 0.15) is 0 Å². The SMILES string of the molecule is C=C(C)CCC1CC(C(C)(C)C)CCC1CNC. The largest absolute Gasteiger partial charge is 0.319 e. The Morgan fingerprint density at radius 2 is 1.89 bits per heavy atom. The van der Waals surface area contributed by atoms with E-state index in [-0.39, 0.29) is 0 Å². The van der Waals surface area contributed by atoms with Gasteiger partial charge in [-0.05, 0) is 75.8 Å². The molecule has 0 aromatic heterocycles. The van der Waals surface area contributed by atoms with E-state index in [4.69, 9.17) is 0 Å². The fourth-order valence-electron chi connectivity index (χ4n) is 3.43. The lowest BCUT2D eigenvalue weighted by Gasteiger charge is -2.42. The monoisotopic (exact) mass is 251 g/mol. The Balaban J connectivity index is 2.61. The molecule has 0 spiro atoms. The maximum Gasteiger partial charge on any atom is -0.00209 e. The third-order valence-electron chi connectivity index (χ3n) is 4.77. The molecule has 0 heterocycles. The highest BCUT2D eigenvalue weighted by atomic mass is 14.8. The van der Waals surface area contributed by atoms with Crippen LogP contribution in [0.3, 0.4) is 0 Å². The topological polar surface area (TPSA) is 12.0 Å². The van der Waals surface area contributed by atoms with Crippen LogP contribution in [0.1, 0.15) is 59.8 Å². The average molecular weight is 251 g/mol. The van der Waals surface area contributed by atoms with Crippen molar-refractivity contribution in [1.29, 1.82) is 0 Å². The van der Waals surface area contributed by atoms with Crippen molar-refractivity contribution in [2.24, 2.45) is 23.2 Å². The molecule has 1 nitrogen and oxygen atoms in total. The van der Waals surface area contributed by atoms with Gasteiger partial charge in [0, 0.05) is 0 Å². The first-order valence-electron chi connectivity index (χ1n) is 7.63. The summed E-state index contributed by atoms with van der Waals surface area (Å²) in [7, 11) is 2.09. The van der Waals surface area contributed by atoms with E-state index in [0.29, 0.717) is 5.41 Å². The van der Waals surface area contributed by atoms with Crippen LogP contribution < -0.4 is 5.32 Å². The summed E-state index contributed by atoms with van der Waals surface area (Å²) in [4.78, 5) is 0. The van der Waals surface area contributed by atoms with Gasteiger partial charge < -0.3 is 5.32 Å². The summed E-state index contributed by atoms with van der Waals surface area (Å²) >= 11 is 0. The summed E-state index contributed by atoms with van der Waals surface area (Å²) in [6, 6.07) is 0. The molecule has 3 unspecified atom stereocenters. The number of allylic oxidation sites excluding steroid dienone is 1. The molecule has 1 saturated carbocycles. The van der Waals surface area contributed by atoms with E-state index in [1.165, 1.54) is 44.2 Å². The lowest BCUT2D eigenvalue weighted by Crippen LogP contribution is -2.35. The lowest BCUT2D eigenvalue weighted by atomic mass is 9.64. The van der Waals surface area contributed by atoms with Gasteiger partial charge in [-0.2, -0.15) is 0 Å². The summed E-state index contributed by atoms with van der Waals surface area (Å²) < 4.78 is 0. The van der Waals surface area contributed by atoms with Gasteiger partial charge in [0.2, 0.25) is 0 Å². The van der Waals surface area contributed by atoms with Crippen LogP contribution in [0.4, 0.5) is 0 Å². The summed E-state index contributed by atoms with van der Waals surface area (Å²) in [5.41, 5.74) is 1.82. The Kier molecular flexibility index (Phi) is 5.91. The molecule has 0 amide bonds. The Hall–Kier alpha value is -0.300. The second-order valence-corrected chi connectivity index (χ2v) is 7.45. The number of hydrogen-bond donors (Lipinski definition) is 1. The molecule has 0 aliphatic heterocycles. The van der Waals surface area contributed by atoms with Gasteiger partial charge in [-0.25, -0.2) is 0 Å². The molecule has 0 radical (unpaired) electrons. The summed E-state index contributed by atoms with van der Waals surface area (Å²) in [5.74, 6) is 2.68. The minimum absolute atomic E-state index is 0.478. The van der Waals surface area contributed by atoms with E-state index in [1.54, 1.807) is 0 Å². The van der Waals surface area contributed by atoms with Gasteiger partial charge in [-0.3, -0.25) is 0 Å². The number of hydrogen-bond acceptors (Lipinski definition) is 1. The predicted octanol–water partition coefficient (Wildman–Crippen LogP) is 4.64. The average Bonchev–Trinajstić information content (AvgIpc) is 2.26. The van der Waals surface area contributed by atoms with E-state index in [0.717, 1.165) is 17.8 Å². The van der Waals surface area contributed by atoms with Crippen molar-refractivity contribution in [3.8, 4) is 0 Å². The van der Waals surface area contributed by atoms with Crippen molar-refractivity contribution in [2.45, 2.75) is 59.8 Å². The van der Waals surface area contributed by atoms with Crippen molar-refractivity contribution < 1.29 is 0 Å². The molecule has 106 valence electrons. The summed E-state index contributed by atoms with van der Waals surface area (Å²) in [6.45, 7) is 14.6. The van der Waals surface area contributed by atoms with Crippen LogP contribution in [-0.2, 0) is 0 Å². The Labute approximate surface area is 114 Å². The minimum atomic E-state index is 0.478. The van der Waals surface area contributed by atoms with Crippen LogP contribution in [0.25, 0.3) is 0 Å². The second kappa shape index (κ2) is 6.75.